The van der Waals surface area contributed by atoms with Crippen molar-refractivity contribution in [1.29, 1.82) is 0 Å². The zero-order valence-electron chi connectivity index (χ0n) is 10.3. The molecule has 0 heterocycles. The largest absolute Gasteiger partial charge is 0.465 e. The van der Waals surface area contributed by atoms with Gasteiger partial charge in [0, 0.05) is 12.6 Å². The van der Waals surface area contributed by atoms with E-state index in [1.54, 1.807) is 0 Å². The van der Waals surface area contributed by atoms with Crippen LogP contribution in [0.1, 0.15) is 35.3 Å². The van der Waals surface area contributed by atoms with Crippen LogP contribution < -0.4 is 5.32 Å². The molecular formula is C13H19NO2. The molecule has 0 bridgehead atoms. The summed E-state index contributed by atoms with van der Waals surface area (Å²) in [4.78, 5) is 11.5. The molecule has 0 aliphatic carbocycles. The van der Waals surface area contributed by atoms with E-state index in [1.807, 2.05) is 25.1 Å². The average molecular weight is 221 g/mol. The first-order valence-corrected chi connectivity index (χ1v) is 5.46. The van der Waals surface area contributed by atoms with Crippen molar-refractivity contribution in [2.75, 3.05) is 7.11 Å². The maximum Gasteiger partial charge on any atom is 0.338 e. The zero-order chi connectivity index (χ0) is 12.1. The molecule has 0 saturated carbocycles. The maximum absolute atomic E-state index is 11.5. The molecule has 0 amide bonds. The normalized spacial score (nSPS) is 10.6. The van der Waals surface area contributed by atoms with Gasteiger partial charge in [-0.05, 0) is 24.1 Å². The van der Waals surface area contributed by atoms with Crippen molar-refractivity contribution < 1.29 is 9.53 Å². The Morgan fingerprint density at radius 3 is 2.69 bits per heavy atom. The van der Waals surface area contributed by atoms with Gasteiger partial charge >= 0.3 is 5.97 Å². The maximum atomic E-state index is 11.5. The summed E-state index contributed by atoms with van der Waals surface area (Å²) in [5.74, 6) is -0.274. The Morgan fingerprint density at radius 2 is 2.12 bits per heavy atom. The van der Waals surface area contributed by atoms with Crippen LogP contribution in [-0.2, 0) is 11.3 Å². The number of nitrogens with one attached hydrogen (secondary N) is 1. The van der Waals surface area contributed by atoms with Crippen molar-refractivity contribution >= 4 is 5.97 Å². The number of benzene rings is 1. The lowest BCUT2D eigenvalue weighted by atomic mass is 10.0. The average Bonchev–Trinajstić information content (AvgIpc) is 2.27. The summed E-state index contributed by atoms with van der Waals surface area (Å²) in [6, 6.07) is 6.29. The minimum absolute atomic E-state index is 0.274. The summed E-state index contributed by atoms with van der Waals surface area (Å²) < 4.78 is 4.74. The topological polar surface area (TPSA) is 38.3 Å². The van der Waals surface area contributed by atoms with E-state index in [1.165, 1.54) is 7.11 Å². The van der Waals surface area contributed by atoms with Crippen LogP contribution in [0, 0.1) is 6.92 Å². The van der Waals surface area contributed by atoms with E-state index in [4.69, 9.17) is 4.74 Å². The lowest BCUT2D eigenvalue weighted by Crippen LogP contribution is -2.22. The van der Waals surface area contributed by atoms with Gasteiger partial charge in [0.2, 0.25) is 0 Å². The van der Waals surface area contributed by atoms with Crippen molar-refractivity contribution in [2.45, 2.75) is 33.4 Å². The summed E-state index contributed by atoms with van der Waals surface area (Å²) in [5, 5.41) is 3.31. The molecule has 0 aliphatic rings. The number of methoxy groups -OCH3 is 1. The van der Waals surface area contributed by atoms with Gasteiger partial charge in [0.05, 0.1) is 12.7 Å². The van der Waals surface area contributed by atoms with Gasteiger partial charge in [-0.2, -0.15) is 0 Å². The van der Waals surface area contributed by atoms with Crippen molar-refractivity contribution in [3.63, 3.8) is 0 Å². The summed E-state index contributed by atoms with van der Waals surface area (Å²) in [5.41, 5.74) is 2.69. The van der Waals surface area contributed by atoms with E-state index in [0.717, 1.165) is 17.7 Å². The fraction of sp³-hybridized carbons (Fsp3) is 0.462. The SMILES string of the molecule is COC(=O)c1cc(CNC(C)C)ccc1C. The molecule has 0 saturated heterocycles. The Hall–Kier alpha value is -1.35. The summed E-state index contributed by atoms with van der Waals surface area (Å²) in [6.07, 6.45) is 0. The van der Waals surface area contributed by atoms with Crippen molar-refractivity contribution in [2.24, 2.45) is 0 Å². The highest BCUT2D eigenvalue weighted by Gasteiger charge is 2.09. The highest BCUT2D eigenvalue weighted by atomic mass is 16.5. The number of esters is 1. The highest BCUT2D eigenvalue weighted by Crippen LogP contribution is 2.12. The quantitative estimate of drug-likeness (QED) is 0.793. The molecule has 1 aromatic carbocycles. The molecule has 0 aliphatic heterocycles. The first kappa shape index (κ1) is 12.7. The second-order valence-corrected chi connectivity index (χ2v) is 4.18. The van der Waals surface area contributed by atoms with Crippen molar-refractivity contribution in [3.05, 3.63) is 34.9 Å². The van der Waals surface area contributed by atoms with Gasteiger partial charge in [0.15, 0.2) is 0 Å². The van der Waals surface area contributed by atoms with Crippen LogP contribution >= 0.6 is 0 Å². The van der Waals surface area contributed by atoms with Gasteiger partial charge < -0.3 is 10.1 Å². The minimum Gasteiger partial charge on any atom is -0.465 e. The molecule has 0 aromatic heterocycles. The van der Waals surface area contributed by atoms with E-state index < -0.39 is 0 Å². The Morgan fingerprint density at radius 1 is 1.44 bits per heavy atom. The van der Waals surface area contributed by atoms with Crippen LogP contribution in [0.5, 0.6) is 0 Å². The molecular weight excluding hydrogens is 202 g/mol. The van der Waals surface area contributed by atoms with E-state index >= 15 is 0 Å². The van der Waals surface area contributed by atoms with Crippen molar-refractivity contribution in [3.8, 4) is 0 Å². The van der Waals surface area contributed by atoms with E-state index in [9.17, 15) is 4.79 Å². The lowest BCUT2D eigenvalue weighted by Gasteiger charge is -2.10. The molecule has 3 heteroatoms. The van der Waals surface area contributed by atoms with E-state index in [-0.39, 0.29) is 5.97 Å². The first-order valence-electron chi connectivity index (χ1n) is 5.46. The third kappa shape index (κ3) is 3.35. The third-order valence-electron chi connectivity index (χ3n) is 2.42. The Labute approximate surface area is 96.8 Å². The molecule has 0 fully saturated rings. The fourth-order valence-corrected chi connectivity index (χ4v) is 1.43. The Kier molecular flexibility index (Phi) is 4.50. The van der Waals surface area contributed by atoms with Crippen LogP contribution in [-0.4, -0.2) is 19.1 Å². The molecule has 88 valence electrons. The van der Waals surface area contributed by atoms with Gasteiger partial charge in [-0.25, -0.2) is 4.79 Å². The molecule has 3 nitrogen and oxygen atoms in total. The number of ether oxygens (including phenoxy) is 1. The number of hydrogen-bond acceptors (Lipinski definition) is 3. The number of aryl methyl sites for hydroxylation is 1. The summed E-state index contributed by atoms with van der Waals surface area (Å²) in [7, 11) is 1.40. The van der Waals surface area contributed by atoms with Crippen LogP contribution in [0.15, 0.2) is 18.2 Å². The molecule has 0 radical (unpaired) electrons. The molecule has 0 unspecified atom stereocenters. The van der Waals surface area contributed by atoms with Crippen molar-refractivity contribution in [1.82, 2.24) is 5.32 Å². The predicted molar refractivity (Wildman–Crippen MR) is 64.5 cm³/mol. The zero-order valence-corrected chi connectivity index (χ0v) is 10.3. The second kappa shape index (κ2) is 5.66. The smallest absolute Gasteiger partial charge is 0.338 e. The van der Waals surface area contributed by atoms with Crippen LogP contribution in [0.25, 0.3) is 0 Å². The number of rotatable bonds is 4. The van der Waals surface area contributed by atoms with Gasteiger partial charge in [-0.3, -0.25) is 0 Å². The van der Waals surface area contributed by atoms with Crippen LogP contribution in [0.4, 0.5) is 0 Å². The molecule has 16 heavy (non-hydrogen) atoms. The highest BCUT2D eigenvalue weighted by molar-refractivity contribution is 5.91. The molecule has 1 N–H and O–H groups in total. The van der Waals surface area contributed by atoms with E-state index in [0.29, 0.717) is 11.6 Å². The number of carbonyl (C=O) groups is 1. The van der Waals surface area contributed by atoms with Crippen LogP contribution in [0.3, 0.4) is 0 Å². The van der Waals surface area contributed by atoms with Gasteiger partial charge in [0.25, 0.3) is 0 Å². The molecule has 1 rings (SSSR count). The van der Waals surface area contributed by atoms with Gasteiger partial charge in [-0.1, -0.05) is 26.0 Å². The monoisotopic (exact) mass is 221 g/mol. The second-order valence-electron chi connectivity index (χ2n) is 4.18. The third-order valence-corrected chi connectivity index (χ3v) is 2.42. The fourth-order valence-electron chi connectivity index (χ4n) is 1.43. The number of hydrogen-bond donors (Lipinski definition) is 1. The minimum atomic E-state index is -0.274. The lowest BCUT2D eigenvalue weighted by molar-refractivity contribution is 0.0600. The first-order chi connectivity index (χ1) is 7.54. The van der Waals surface area contributed by atoms with Gasteiger partial charge in [-0.15, -0.1) is 0 Å². The Balaban J connectivity index is 2.85. The summed E-state index contributed by atoms with van der Waals surface area (Å²) in [6.45, 7) is 6.86. The number of carbonyl (C=O) groups excluding carboxylic acids is 1. The standard InChI is InChI=1S/C13H19NO2/c1-9(2)14-8-11-6-5-10(3)12(7-11)13(15)16-4/h5-7,9,14H,8H2,1-4H3. The Bertz CT molecular complexity index is 372. The predicted octanol–water partition coefficient (Wildman–Crippen LogP) is 2.28. The molecule has 0 atom stereocenters. The van der Waals surface area contributed by atoms with Crippen LogP contribution in [0.2, 0.25) is 0 Å². The summed E-state index contributed by atoms with van der Waals surface area (Å²) >= 11 is 0. The van der Waals surface area contributed by atoms with E-state index in [2.05, 4.69) is 19.2 Å². The molecule has 1 aromatic rings. The molecule has 0 spiro atoms. The van der Waals surface area contributed by atoms with Gasteiger partial charge in [0.1, 0.15) is 0 Å².